The van der Waals surface area contributed by atoms with Gasteiger partial charge in [0.05, 0.1) is 15.9 Å². The molecule has 6 heteroatoms. The van der Waals surface area contributed by atoms with Crippen LogP contribution in [0, 0.1) is 0 Å². The molecule has 0 amide bonds. The van der Waals surface area contributed by atoms with Crippen LogP contribution in [0.15, 0.2) is 41.0 Å². The molecule has 0 fully saturated rings. The van der Waals surface area contributed by atoms with E-state index in [2.05, 4.69) is 34.8 Å². The van der Waals surface area contributed by atoms with Crippen LogP contribution >= 0.6 is 27.5 Å². The first kappa shape index (κ1) is 18.8. The van der Waals surface area contributed by atoms with Crippen LogP contribution < -0.4 is 4.74 Å². The number of fused-ring (bicyclic) bond motifs is 1. The highest BCUT2D eigenvalue weighted by Crippen LogP contribution is 2.39. The summed E-state index contributed by atoms with van der Waals surface area (Å²) in [5, 5.41) is 10.4. The average Bonchev–Trinajstić information content (AvgIpc) is 3.00. The zero-order valence-corrected chi connectivity index (χ0v) is 16.8. The van der Waals surface area contributed by atoms with Gasteiger partial charge in [-0.05, 0) is 69.7 Å². The largest absolute Gasteiger partial charge is 0.481 e. The lowest BCUT2D eigenvalue weighted by molar-refractivity contribution is -0.136. The predicted octanol–water partition coefficient (Wildman–Crippen LogP) is 6.52. The predicted molar refractivity (Wildman–Crippen MR) is 108 cm³/mol. The average molecular weight is 437 g/mol. The molecular weight excluding hydrogens is 418 g/mol. The number of rotatable bonds is 6. The summed E-state index contributed by atoms with van der Waals surface area (Å²) in [6, 6.07) is 9.20. The number of benzene rings is 2. The van der Waals surface area contributed by atoms with E-state index in [1.807, 2.05) is 24.4 Å². The second-order valence-corrected chi connectivity index (χ2v) is 7.58. The number of aliphatic carboxylic acids is 1. The zero-order valence-electron chi connectivity index (χ0n) is 14.5. The van der Waals surface area contributed by atoms with Crippen LogP contribution in [0.25, 0.3) is 10.9 Å². The topological polar surface area (TPSA) is 62.3 Å². The lowest BCUT2D eigenvalue weighted by atomic mass is 9.98. The van der Waals surface area contributed by atoms with Crippen molar-refractivity contribution in [2.75, 3.05) is 0 Å². The Hall–Kier alpha value is -1.98. The summed E-state index contributed by atoms with van der Waals surface area (Å²) in [6.07, 6.45) is 3.01. The summed E-state index contributed by atoms with van der Waals surface area (Å²) in [5.74, 6) is 0.692. The summed E-state index contributed by atoms with van der Waals surface area (Å²) in [4.78, 5) is 14.2. The van der Waals surface area contributed by atoms with E-state index in [1.54, 1.807) is 12.1 Å². The zero-order chi connectivity index (χ0) is 18.8. The monoisotopic (exact) mass is 435 g/mol. The maximum Gasteiger partial charge on any atom is 0.307 e. The molecular formula is C20H19BrClNO3. The van der Waals surface area contributed by atoms with Crippen LogP contribution in [0.5, 0.6) is 11.5 Å². The molecule has 1 unspecified atom stereocenters. The third-order valence-electron chi connectivity index (χ3n) is 4.46. The molecule has 4 nitrogen and oxygen atoms in total. The Labute approximate surface area is 165 Å². The lowest BCUT2D eigenvalue weighted by Gasteiger charge is -2.12. The van der Waals surface area contributed by atoms with E-state index in [1.165, 1.54) is 5.56 Å². The van der Waals surface area contributed by atoms with Crippen molar-refractivity contribution in [1.82, 2.24) is 4.98 Å². The van der Waals surface area contributed by atoms with Gasteiger partial charge in [0.1, 0.15) is 5.75 Å². The molecule has 136 valence electrons. The molecule has 0 aliphatic heterocycles. The van der Waals surface area contributed by atoms with Crippen LogP contribution in [0.2, 0.25) is 5.02 Å². The van der Waals surface area contributed by atoms with E-state index in [0.29, 0.717) is 32.5 Å². The Bertz CT molecular complexity index is 944. The highest BCUT2D eigenvalue weighted by molar-refractivity contribution is 9.10. The summed E-state index contributed by atoms with van der Waals surface area (Å²) in [5.41, 5.74) is 2.94. The standard InChI is InChI=1S/C20H19BrClNO3/c1-3-11(2)15-10-23-18-5-4-13(9-14(15)18)26-20-16(21)6-12(7-17(20)22)8-19(24)25/h4-7,9-11,23H,3,8H2,1-2H3,(H,24,25). The van der Waals surface area contributed by atoms with E-state index in [4.69, 9.17) is 21.4 Å². The number of aromatic amines is 1. The first-order valence-electron chi connectivity index (χ1n) is 8.37. The van der Waals surface area contributed by atoms with Crippen molar-refractivity contribution < 1.29 is 14.6 Å². The summed E-state index contributed by atoms with van der Waals surface area (Å²) in [7, 11) is 0. The van der Waals surface area contributed by atoms with E-state index in [-0.39, 0.29) is 6.42 Å². The SMILES string of the molecule is CCC(C)c1c[nH]c2ccc(Oc3c(Cl)cc(CC(=O)O)cc3Br)cc12. The molecule has 1 atom stereocenters. The van der Waals surface area contributed by atoms with Crippen molar-refractivity contribution in [3.63, 3.8) is 0 Å². The number of ether oxygens (including phenoxy) is 1. The Kier molecular flexibility index (Phi) is 5.58. The van der Waals surface area contributed by atoms with Crippen molar-refractivity contribution in [3.05, 3.63) is 57.2 Å². The van der Waals surface area contributed by atoms with Crippen molar-refractivity contribution in [2.45, 2.75) is 32.6 Å². The first-order valence-corrected chi connectivity index (χ1v) is 9.54. The number of aromatic nitrogens is 1. The lowest BCUT2D eigenvalue weighted by Crippen LogP contribution is -2.00. The molecule has 1 aromatic heterocycles. The van der Waals surface area contributed by atoms with E-state index in [9.17, 15) is 4.79 Å². The molecule has 3 aromatic rings. The van der Waals surface area contributed by atoms with Crippen LogP contribution in [0.3, 0.4) is 0 Å². The number of carboxylic acid groups (broad SMARTS) is 1. The van der Waals surface area contributed by atoms with Crippen LogP contribution in [0.4, 0.5) is 0 Å². The van der Waals surface area contributed by atoms with Crippen molar-refractivity contribution in [1.29, 1.82) is 0 Å². The minimum atomic E-state index is -0.905. The molecule has 0 aliphatic rings. The normalized spacial score (nSPS) is 12.3. The van der Waals surface area contributed by atoms with E-state index < -0.39 is 5.97 Å². The second kappa shape index (κ2) is 7.72. The summed E-state index contributed by atoms with van der Waals surface area (Å²) < 4.78 is 6.63. The number of H-pyrrole nitrogens is 1. The molecule has 0 saturated heterocycles. The maximum atomic E-state index is 10.9. The Morgan fingerprint density at radius 2 is 2.12 bits per heavy atom. The van der Waals surface area contributed by atoms with Gasteiger partial charge in [0.25, 0.3) is 0 Å². The molecule has 0 bridgehead atoms. The van der Waals surface area contributed by atoms with Gasteiger partial charge < -0.3 is 14.8 Å². The second-order valence-electron chi connectivity index (χ2n) is 6.32. The minimum Gasteiger partial charge on any atom is -0.481 e. The van der Waals surface area contributed by atoms with Gasteiger partial charge in [0.2, 0.25) is 0 Å². The van der Waals surface area contributed by atoms with Gasteiger partial charge in [0, 0.05) is 17.1 Å². The van der Waals surface area contributed by atoms with E-state index in [0.717, 1.165) is 17.3 Å². The van der Waals surface area contributed by atoms with Gasteiger partial charge in [-0.1, -0.05) is 25.4 Å². The Morgan fingerprint density at radius 1 is 1.35 bits per heavy atom. The molecule has 0 spiro atoms. The van der Waals surface area contributed by atoms with E-state index >= 15 is 0 Å². The first-order chi connectivity index (χ1) is 12.4. The van der Waals surface area contributed by atoms with Gasteiger partial charge in [-0.25, -0.2) is 0 Å². The van der Waals surface area contributed by atoms with Gasteiger partial charge >= 0.3 is 5.97 Å². The smallest absolute Gasteiger partial charge is 0.307 e. The minimum absolute atomic E-state index is 0.0911. The van der Waals surface area contributed by atoms with Crippen molar-refractivity contribution >= 4 is 44.4 Å². The molecule has 0 aliphatic carbocycles. The third-order valence-corrected chi connectivity index (χ3v) is 5.33. The van der Waals surface area contributed by atoms with Crippen molar-refractivity contribution in [2.24, 2.45) is 0 Å². The fraction of sp³-hybridized carbons (Fsp3) is 0.250. The van der Waals surface area contributed by atoms with Crippen LogP contribution in [-0.4, -0.2) is 16.1 Å². The summed E-state index contributed by atoms with van der Waals surface area (Å²) in [6.45, 7) is 4.37. The van der Waals surface area contributed by atoms with Crippen molar-refractivity contribution in [3.8, 4) is 11.5 Å². The molecule has 3 rings (SSSR count). The number of carboxylic acids is 1. The number of hydrogen-bond acceptors (Lipinski definition) is 2. The fourth-order valence-corrected chi connectivity index (χ4v) is 3.90. The molecule has 1 heterocycles. The number of nitrogens with one attached hydrogen (secondary N) is 1. The molecule has 2 aromatic carbocycles. The van der Waals surface area contributed by atoms with Crippen LogP contribution in [0.1, 0.15) is 37.3 Å². The third kappa shape index (κ3) is 3.89. The highest BCUT2D eigenvalue weighted by Gasteiger charge is 2.14. The number of halogens is 2. The molecule has 0 saturated carbocycles. The molecule has 26 heavy (non-hydrogen) atoms. The molecule has 2 N–H and O–H groups in total. The van der Waals surface area contributed by atoms with Gasteiger partial charge in [-0.15, -0.1) is 0 Å². The number of carbonyl (C=O) groups is 1. The molecule has 0 radical (unpaired) electrons. The van der Waals surface area contributed by atoms with Gasteiger partial charge in [0.15, 0.2) is 5.75 Å². The fourth-order valence-electron chi connectivity index (χ4n) is 2.92. The highest BCUT2D eigenvalue weighted by atomic mass is 79.9. The Balaban J connectivity index is 1.95. The van der Waals surface area contributed by atoms with Crippen LogP contribution in [-0.2, 0) is 11.2 Å². The Morgan fingerprint density at radius 3 is 2.77 bits per heavy atom. The van der Waals surface area contributed by atoms with Gasteiger partial charge in [-0.3, -0.25) is 4.79 Å². The summed E-state index contributed by atoms with van der Waals surface area (Å²) >= 11 is 9.74. The van der Waals surface area contributed by atoms with Gasteiger partial charge in [-0.2, -0.15) is 0 Å². The number of hydrogen-bond donors (Lipinski definition) is 2. The quantitative estimate of drug-likeness (QED) is 0.462. The maximum absolute atomic E-state index is 10.9.